The van der Waals surface area contributed by atoms with Crippen molar-refractivity contribution >= 4 is 27.4 Å². The molecule has 130 valence electrons. The van der Waals surface area contributed by atoms with Crippen molar-refractivity contribution in [2.45, 2.75) is 6.54 Å². The average Bonchev–Trinajstić information content (AvgIpc) is 3.07. The molecule has 7 heteroatoms. The minimum Gasteiger partial charge on any atom is -0.369 e. The van der Waals surface area contributed by atoms with Gasteiger partial charge in [-0.25, -0.2) is 0 Å². The van der Waals surface area contributed by atoms with Gasteiger partial charge in [0.15, 0.2) is 5.82 Å². The van der Waals surface area contributed by atoms with Gasteiger partial charge in [0.2, 0.25) is 5.78 Å². The molecule has 0 aliphatic heterocycles. The molecule has 6 nitrogen and oxygen atoms in total. The molecule has 4 aromatic rings. The Morgan fingerprint density at radius 1 is 1.12 bits per heavy atom. The Labute approximate surface area is 158 Å². The van der Waals surface area contributed by atoms with Crippen molar-refractivity contribution in [3.63, 3.8) is 0 Å². The molecule has 4 rings (SSSR count). The Bertz CT molecular complexity index is 1120. The summed E-state index contributed by atoms with van der Waals surface area (Å²) in [5, 5.41) is 4.31. The number of fused-ring (bicyclic) bond motifs is 1. The van der Waals surface area contributed by atoms with Crippen LogP contribution in [0.2, 0.25) is 0 Å². The number of hydrogen-bond acceptors (Lipinski definition) is 4. The van der Waals surface area contributed by atoms with Crippen LogP contribution in [-0.2, 0) is 6.54 Å². The van der Waals surface area contributed by atoms with Gasteiger partial charge in [0, 0.05) is 34.5 Å². The molecule has 0 radical (unpaired) electrons. The smallest absolute Gasteiger partial charge is 0.275 e. The van der Waals surface area contributed by atoms with Crippen LogP contribution in [0.3, 0.4) is 0 Å². The lowest BCUT2D eigenvalue weighted by Gasteiger charge is -2.19. The largest absolute Gasteiger partial charge is 0.369 e. The van der Waals surface area contributed by atoms with Gasteiger partial charge in [0.05, 0.1) is 6.54 Å². The van der Waals surface area contributed by atoms with Crippen LogP contribution in [0.4, 0.5) is 5.69 Å². The third kappa shape index (κ3) is 3.25. The van der Waals surface area contributed by atoms with Gasteiger partial charge in [0.25, 0.3) is 5.56 Å². The maximum Gasteiger partial charge on any atom is 0.275 e. The summed E-state index contributed by atoms with van der Waals surface area (Å²) >= 11 is 3.48. The second-order valence-electron chi connectivity index (χ2n) is 6.01. The number of rotatable bonds is 4. The Morgan fingerprint density at radius 2 is 1.92 bits per heavy atom. The number of aromatic amines is 1. The first-order valence-corrected chi connectivity index (χ1v) is 8.90. The van der Waals surface area contributed by atoms with Crippen LogP contribution in [0.5, 0.6) is 0 Å². The van der Waals surface area contributed by atoms with Gasteiger partial charge in [-0.2, -0.15) is 9.50 Å². The molecule has 0 amide bonds. The highest BCUT2D eigenvalue weighted by atomic mass is 79.9. The van der Waals surface area contributed by atoms with E-state index in [4.69, 9.17) is 0 Å². The van der Waals surface area contributed by atoms with Gasteiger partial charge in [-0.1, -0.05) is 52.3 Å². The molecule has 26 heavy (non-hydrogen) atoms. The van der Waals surface area contributed by atoms with Crippen LogP contribution < -0.4 is 10.5 Å². The number of hydrogen-bond donors (Lipinski definition) is 1. The van der Waals surface area contributed by atoms with E-state index in [0.29, 0.717) is 18.1 Å². The molecular formula is C19H16BrN5O. The SMILES string of the molecule is CN(Cc1cc(=O)n2nc(-c3ccccc3)nc2[nH]1)c1cccc(Br)c1. The first-order chi connectivity index (χ1) is 12.6. The fraction of sp³-hybridized carbons (Fsp3) is 0.105. The molecule has 0 aliphatic rings. The highest BCUT2D eigenvalue weighted by Crippen LogP contribution is 2.20. The van der Waals surface area contributed by atoms with Crippen LogP contribution in [0.25, 0.3) is 17.2 Å². The summed E-state index contributed by atoms with van der Waals surface area (Å²) in [6.07, 6.45) is 0. The number of benzene rings is 2. The molecule has 0 fully saturated rings. The van der Waals surface area contributed by atoms with Gasteiger partial charge in [-0.05, 0) is 18.2 Å². The van der Waals surface area contributed by atoms with E-state index in [1.807, 2.05) is 61.6 Å². The van der Waals surface area contributed by atoms with Crippen LogP contribution in [0.15, 0.2) is 69.9 Å². The van der Waals surface area contributed by atoms with Crippen LogP contribution in [0, 0.1) is 0 Å². The van der Waals surface area contributed by atoms with E-state index in [9.17, 15) is 4.79 Å². The Balaban J connectivity index is 1.68. The number of aromatic nitrogens is 4. The normalized spacial score (nSPS) is 11.0. The molecule has 2 heterocycles. The van der Waals surface area contributed by atoms with E-state index in [1.54, 1.807) is 6.07 Å². The fourth-order valence-electron chi connectivity index (χ4n) is 2.79. The Morgan fingerprint density at radius 3 is 2.69 bits per heavy atom. The topological polar surface area (TPSA) is 66.3 Å². The average molecular weight is 410 g/mol. The first-order valence-electron chi connectivity index (χ1n) is 8.11. The van der Waals surface area contributed by atoms with Crippen LogP contribution in [-0.4, -0.2) is 26.6 Å². The predicted molar refractivity (Wildman–Crippen MR) is 105 cm³/mol. The van der Waals surface area contributed by atoms with Crippen molar-refractivity contribution in [2.24, 2.45) is 0 Å². The second kappa shape index (κ2) is 6.76. The minimum atomic E-state index is -0.203. The summed E-state index contributed by atoms with van der Waals surface area (Å²) in [6.45, 7) is 0.551. The predicted octanol–water partition coefficient (Wildman–Crippen LogP) is 3.48. The van der Waals surface area contributed by atoms with Gasteiger partial charge in [0.1, 0.15) is 0 Å². The van der Waals surface area contributed by atoms with E-state index in [-0.39, 0.29) is 5.56 Å². The van der Waals surface area contributed by atoms with Gasteiger partial charge in [-0.15, -0.1) is 5.10 Å². The molecule has 2 aromatic carbocycles. The molecule has 0 unspecified atom stereocenters. The van der Waals surface area contributed by atoms with Crippen molar-refractivity contribution in [3.05, 3.63) is 81.2 Å². The molecule has 0 spiro atoms. The zero-order chi connectivity index (χ0) is 18.1. The zero-order valence-corrected chi connectivity index (χ0v) is 15.6. The summed E-state index contributed by atoms with van der Waals surface area (Å²) in [6, 6.07) is 19.2. The molecular weight excluding hydrogens is 394 g/mol. The van der Waals surface area contributed by atoms with Crippen molar-refractivity contribution < 1.29 is 0 Å². The van der Waals surface area contributed by atoms with Crippen LogP contribution >= 0.6 is 15.9 Å². The lowest BCUT2D eigenvalue weighted by atomic mass is 10.2. The van der Waals surface area contributed by atoms with E-state index in [2.05, 4.69) is 35.9 Å². The monoisotopic (exact) mass is 409 g/mol. The summed E-state index contributed by atoms with van der Waals surface area (Å²) < 4.78 is 2.31. The summed E-state index contributed by atoms with van der Waals surface area (Å²) in [4.78, 5) is 22.2. The van der Waals surface area contributed by atoms with Gasteiger partial charge < -0.3 is 9.88 Å². The highest BCUT2D eigenvalue weighted by Gasteiger charge is 2.11. The molecule has 0 atom stereocenters. The number of anilines is 1. The van der Waals surface area contributed by atoms with E-state index in [1.165, 1.54) is 4.52 Å². The maximum absolute atomic E-state index is 12.4. The fourth-order valence-corrected chi connectivity index (χ4v) is 3.18. The zero-order valence-electron chi connectivity index (χ0n) is 14.1. The number of halogens is 1. The Hall–Kier alpha value is -2.93. The summed E-state index contributed by atoms with van der Waals surface area (Å²) in [7, 11) is 1.98. The van der Waals surface area contributed by atoms with Crippen molar-refractivity contribution in [3.8, 4) is 11.4 Å². The van der Waals surface area contributed by atoms with Crippen molar-refractivity contribution in [1.82, 2.24) is 19.6 Å². The standard InChI is InChI=1S/C19H16BrN5O/c1-24(16-9-5-8-14(20)10-16)12-15-11-17(26)25-19(21-15)22-18(23-25)13-6-3-2-4-7-13/h2-11H,12H2,1H3,(H,21,22,23). The van der Waals surface area contributed by atoms with Crippen molar-refractivity contribution in [2.75, 3.05) is 11.9 Å². The highest BCUT2D eigenvalue weighted by molar-refractivity contribution is 9.10. The molecule has 1 N–H and O–H groups in total. The lowest BCUT2D eigenvalue weighted by molar-refractivity contribution is 0.840. The summed E-state index contributed by atoms with van der Waals surface area (Å²) in [5.74, 6) is 0.963. The molecule has 2 aromatic heterocycles. The van der Waals surface area contributed by atoms with Crippen molar-refractivity contribution in [1.29, 1.82) is 0 Å². The molecule has 0 aliphatic carbocycles. The minimum absolute atomic E-state index is 0.203. The summed E-state index contributed by atoms with van der Waals surface area (Å²) in [5.41, 5.74) is 2.49. The second-order valence-corrected chi connectivity index (χ2v) is 6.92. The molecule has 0 saturated carbocycles. The third-order valence-electron chi connectivity index (χ3n) is 4.07. The van der Waals surface area contributed by atoms with E-state index in [0.717, 1.165) is 21.4 Å². The molecule has 0 bridgehead atoms. The van der Waals surface area contributed by atoms with Gasteiger partial charge >= 0.3 is 0 Å². The van der Waals surface area contributed by atoms with E-state index < -0.39 is 0 Å². The lowest BCUT2D eigenvalue weighted by Crippen LogP contribution is -2.21. The number of nitrogens with one attached hydrogen (secondary N) is 1. The Kier molecular flexibility index (Phi) is 4.30. The number of nitrogens with zero attached hydrogens (tertiary/aromatic N) is 4. The van der Waals surface area contributed by atoms with Crippen LogP contribution in [0.1, 0.15) is 5.69 Å². The maximum atomic E-state index is 12.4. The van der Waals surface area contributed by atoms with Gasteiger partial charge in [-0.3, -0.25) is 4.79 Å². The quantitative estimate of drug-likeness (QED) is 0.560. The van der Waals surface area contributed by atoms with E-state index >= 15 is 0 Å². The third-order valence-corrected chi connectivity index (χ3v) is 4.57. The molecule has 0 saturated heterocycles. The first kappa shape index (κ1) is 16.5. The number of H-pyrrole nitrogens is 1.